The van der Waals surface area contributed by atoms with Crippen LogP contribution in [0.3, 0.4) is 0 Å². The highest BCUT2D eigenvalue weighted by Gasteiger charge is 2.17. The number of rotatable bonds is 6. The summed E-state index contributed by atoms with van der Waals surface area (Å²) < 4.78 is 0. The smallest absolute Gasteiger partial charge is 0.220 e. The third kappa shape index (κ3) is 5.07. The van der Waals surface area contributed by atoms with Gasteiger partial charge in [0.1, 0.15) is 5.15 Å². The van der Waals surface area contributed by atoms with Crippen molar-refractivity contribution in [1.82, 2.24) is 10.3 Å². The third-order valence-electron chi connectivity index (χ3n) is 3.45. The highest BCUT2D eigenvalue weighted by atomic mass is 35.5. The van der Waals surface area contributed by atoms with E-state index in [2.05, 4.69) is 15.6 Å². The van der Waals surface area contributed by atoms with Crippen LogP contribution in [0, 0.1) is 5.92 Å². The Balaban J connectivity index is 1.59. The largest absolute Gasteiger partial charge is 0.383 e. The Kier molecular flexibility index (Phi) is 5.45. The Morgan fingerprint density at radius 2 is 2.16 bits per heavy atom. The second-order valence-electron chi connectivity index (χ2n) is 5.00. The second-order valence-corrected chi connectivity index (χ2v) is 5.39. The van der Waals surface area contributed by atoms with Gasteiger partial charge in [0.2, 0.25) is 5.91 Å². The number of carbonyl (C=O) groups excluding carboxylic acids is 1. The average molecular weight is 282 g/mol. The zero-order valence-electron chi connectivity index (χ0n) is 11.0. The van der Waals surface area contributed by atoms with Crippen molar-refractivity contribution in [3.8, 4) is 0 Å². The molecule has 1 aromatic rings. The molecule has 1 aromatic heterocycles. The Morgan fingerprint density at radius 3 is 2.89 bits per heavy atom. The zero-order chi connectivity index (χ0) is 13.5. The van der Waals surface area contributed by atoms with E-state index in [0.29, 0.717) is 30.6 Å². The maximum atomic E-state index is 11.7. The number of pyridine rings is 1. The lowest BCUT2D eigenvalue weighted by Gasteiger charge is -2.10. The van der Waals surface area contributed by atoms with E-state index in [4.69, 9.17) is 11.6 Å². The molecule has 1 amide bonds. The fraction of sp³-hybridized carbons (Fsp3) is 0.571. The molecule has 1 fully saturated rings. The Bertz CT molecular complexity index is 419. The number of nitrogens with one attached hydrogen (secondary N) is 2. The number of hydrogen-bond acceptors (Lipinski definition) is 3. The predicted octanol–water partition coefficient (Wildman–Crippen LogP) is 2.84. The first-order valence-corrected chi connectivity index (χ1v) is 7.24. The van der Waals surface area contributed by atoms with Gasteiger partial charge in [-0.15, -0.1) is 0 Å². The number of carbonyl (C=O) groups is 1. The maximum Gasteiger partial charge on any atom is 0.220 e. The first-order chi connectivity index (χ1) is 9.24. The van der Waals surface area contributed by atoms with Gasteiger partial charge in [0.25, 0.3) is 0 Å². The lowest BCUT2D eigenvalue weighted by Crippen LogP contribution is -2.29. The van der Waals surface area contributed by atoms with Gasteiger partial charge in [0, 0.05) is 31.4 Å². The Morgan fingerprint density at radius 1 is 1.37 bits per heavy atom. The van der Waals surface area contributed by atoms with Crippen molar-refractivity contribution in [2.24, 2.45) is 5.92 Å². The summed E-state index contributed by atoms with van der Waals surface area (Å²) in [4.78, 5) is 15.6. The van der Waals surface area contributed by atoms with Crippen LogP contribution in [0.2, 0.25) is 5.15 Å². The molecular weight excluding hydrogens is 262 g/mol. The van der Waals surface area contributed by atoms with Gasteiger partial charge < -0.3 is 10.6 Å². The standard InChI is InChI=1S/C14H20ClN3O/c15-13-10-12(5-6-17-13)16-7-8-18-14(19)9-11-3-1-2-4-11/h5-6,10-11H,1-4,7-9H2,(H,16,17)(H,18,19). The molecule has 0 atom stereocenters. The Hall–Kier alpha value is -1.29. The average Bonchev–Trinajstić information content (AvgIpc) is 2.87. The molecule has 1 aliphatic carbocycles. The van der Waals surface area contributed by atoms with E-state index >= 15 is 0 Å². The second kappa shape index (κ2) is 7.34. The lowest BCUT2D eigenvalue weighted by atomic mass is 10.0. The van der Waals surface area contributed by atoms with Gasteiger partial charge in [-0.1, -0.05) is 24.4 Å². The van der Waals surface area contributed by atoms with Crippen molar-refractivity contribution >= 4 is 23.2 Å². The molecule has 5 heteroatoms. The summed E-state index contributed by atoms with van der Waals surface area (Å²) in [5, 5.41) is 6.61. The highest BCUT2D eigenvalue weighted by Crippen LogP contribution is 2.27. The number of aromatic nitrogens is 1. The van der Waals surface area contributed by atoms with Gasteiger partial charge in [-0.2, -0.15) is 0 Å². The minimum atomic E-state index is 0.168. The minimum Gasteiger partial charge on any atom is -0.383 e. The fourth-order valence-electron chi connectivity index (χ4n) is 2.47. The predicted molar refractivity (Wildman–Crippen MR) is 77.3 cm³/mol. The van der Waals surface area contributed by atoms with Crippen molar-refractivity contribution in [3.05, 3.63) is 23.5 Å². The van der Waals surface area contributed by atoms with Crippen molar-refractivity contribution < 1.29 is 4.79 Å². The summed E-state index contributed by atoms with van der Waals surface area (Å²) in [6.45, 7) is 1.32. The molecule has 1 aliphatic rings. The number of hydrogen-bond donors (Lipinski definition) is 2. The van der Waals surface area contributed by atoms with E-state index < -0.39 is 0 Å². The molecule has 1 heterocycles. The minimum absolute atomic E-state index is 0.168. The van der Waals surface area contributed by atoms with Crippen molar-refractivity contribution in [2.75, 3.05) is 18.4 Å². The lowest BCUT2D eigenvalue weighted by molar-refractivity contribution is -0.121. The molecule has 19 heavy (non-hydrogen) atoms. The summed E-state index contributed by atoms with van der Waals surface area (Å²) in [6.07, 6.45) is 7.32. The maximum absolute atomic E-state index is 11.7. The SMILES string of the molecule is O=C(CC1CCCC1)NCCNc1ccnc(Cl)c1. The van der Waals surface area contributed by atoms with Crippen LogP contribution >= 0.6 is 11.6 Å². The Labute approximate surface area is 118 Å². The van der Waals surface area contributed by atoms with Crippen LogP contribution < -0.4 is 10.6 Å². The van der Waals surface area contributed by atoms with E-state index in [-0.39, 0.29) is 5.91 Å². The van der Waals surface area contributed by atoms with Gasteiger partial charge in [-0.05, 0) is 30.9 Å². The summed E-state index contributed by atoms with van der Waals surface area (Å²) in [5.41, 5.74) is 0.921. The monoisotopic (exact) mass is 281 g/mol. The quantitative estimate of drug-likeness (QED) is 0.623. The molecule has 0 unspecified atom stereocenters. The van der Waals surface area contributed by atoms with E-state index in [0.717, 1.165) is 5.69 Å². The van der Waals surface area contributed by atoms with Gasteiger partial charge in [0.15, 0.2) is 0 Å². The molecule has 0 saturated heterocycles. The van der Waals surface area contributed by atoms with Crippen LogP contribution in [-0.2, 0) is 4.79 Å². The normalized spacial score (nSPS) is 15.4. The van der Waals surface area contributed by atoms with Crippen molar-refractivity contribution in [3.63, 3.8) is 0 Å². The van der Waals surface area contributed by atoms with E-state index in [1.54, 1.807) is 12.3 Å². The fourth-order valence-corrected chi connectivity index (χ4v) is 2.64. The topological polar surface area (TPSA) is 54.0 Å². The number of halogens is 1. The zero-order valence-corrected chi connectivity index (χ0v) is 11.7. The van der Waals surface area contributed by atoms with Crippen LogP contribution in [0.15, 0.2) is 18.3 Å². The van der Waals surface area contributed by atoms with Crippen LogP contribution in [0.4, 0.5) is 5.69 Å². The summed E-state index contributed by atoms with van der Waals surface area (Å²) in [5.74, 6) is 0.772. The molecule has 4 nitrogen and oxygen atoms in total. The molecule has 2 N–H and O–H groups in total. The first kappa shape index (κ1) is 14.1. The highest BCUT2D eigenvalue weighted by molar-refractivity contribution is 6.29. The van der Waals surface area contributed by atoms with E-state index in [9.17, 15) is 4.79 Å². The van der Waals surface area contributed by atoms with E-state index in [1.807, 2.05) is 6.07 Å². The molecule has 1 saturated carbocycles. The molecule has 2 rings (SSSR count). The van der Waals surface area contributed by atoms with Crippen molar-refractivity contribution in [2.45, 2.75) is 32.1 Å². The molecule has 0 aromatic carbocycles. The molecular formula is C14H20ClN3O. The van der Waals surface area contributed by atoms with Crippen LogP contribution in [0.1, 0.15) is 32.1 Å². The molecule has 0 spiro atoms. The van der Waals surface area contributed by atoms with Crippen molar-refractivity contribution in [1.29, 1.82) is 0 Å². The van der Waals surface area contributed by atoms with E-state index in [1.165, 1.54) is 25.7 Å². The van der Waals surface area contributed by atoms with Gasteiger partial charge in [-0.25, -0.2) is 4.98 Å². The molecule has 104 valence electrons. The third-order valence-corrected chi connectivity index (χ3v) is 3.66. The molecule has 0 aliphatic heterocycles. The van der Waals surface area contributed by atoms with Gasteiger partial charge >= 0.3 is 0 Å². The van der Waals surface area contributed by atoms with Crippen LogP contribution in [0.5, 0.6) is 0 Å². The van der Waals surface area contributed by atoms with Crippen LogP contribution in [0.25, 0.3) is 0 Å². The summed E-state index contributed by atoms with van der Waals surface area (Å²) in [6, 6.07) is 3.62. The first-order valence-electron chi connectivity index (χ1n) is 6.86. The molecule has 0 radical (unpaired) electrons. The summed E-state index contributed by atoms with van der Waals surface area (Å²) >= 11 is 5.78. The van der Waals surface area contributed by atoms with Gasteiger partial charge in [0.05, 0.1) is 0 Å². The number of amides is 1. The molecule has 0 bridgehead atoms. The van der Waals surface area contributed by atoms with Crippen LogP contribution in [-0.4, -0.2) is 24.0 Å². The number of anilines is 1. The number of nitrogens with zero attached hydrogens (tertiary/aromatic N) is 1. The van der Waals surface area contributed by atoms with Gasteiger partial charge in [-0.3, -0.25) is 4.79 Å². The summed E-state index contributed by atoms with van der Waals surface area (Å²) in [7, 11) is 0.